The second-order valence-electron chi connectivity index (χ2n) is 6.52. The molecule has 0 spiro atoms. The number of carbonyl (C=O) groups is 1. The van der Waals surface area contributed by atoms with Crippen LogP contribution >= 0.6 is 0 Å². The van der Waals surface area contributed by atoms with Gasteiger partial charge in [-0.25, -0.2) is 13.1 Å². The van der Waals surface area contributed by atoms with E-state index in [1.165, 1.54) is 6.07 Å². The molecule has 0 saturated carbocycles. The highest BCUT2D eigenvalue weighted by molar-refractivity contribution is 7.89. The van der Waals surface area contributed by atoms with E-state index in [0.29, 0.717) is 23.6 Å². The molecular formula is C19H23N3O3S. The molecule has 3 rings (SSSR count). The van der Waals surface area contributed by atoms with Gasteiger partial charge in [0, 0.05) is 37.7 Å². The molecule has 1 saturated heterocycles. The van der Waals surface area contributed by atoms with Gasteiger partial charge in [-0.15, -0.1) is 0 Å². The number of nitrogens with one attached hydrogen (secondary N) is 3. The first-order chi connectivity index (χ1) is 12.5. The molecule has 1 aliphatic rings. The van der Waals surface area contributed by atoms with Crippen LogP contribution in [0.5, 0.6) is 0 Å². The molecule has 0 radical (unpaired) electrons. The first-order valence-electron chi connectivity index (χ1n) is 8.59. The van der Waals surface area contributed by atoms with Crippen LogP contribution in [0.15, 0.2) is 53.4 Å². The van der Waals surface area contributed by atoms with E-state index >= 15 is 0 Å². The minimum atomic E-state index is -3.71. The van der Waals surface area contributed by atoms with Gasteiger partial charge in [0.25, 0.3) is 5.91 Å². The van der Waals surface area contributed by atoms with Crippen LogP contribution in [0, 0.1) is 12.8 Å². The molecule has 26 heavy (non-hydrogen) atoms. The molecule has 1 aliphatic heterocycles. The molecule has 0 aliphatic carbocycles. The van der Waals surface area contributed by atoms with E-state index < -0.39 is 10.0 Å². The zero-order valence-electron chi connectivity index (χ0n) is 14.7. The van der Waals surface area contributed by atoms with Gasteiger partial charge in [-0.05, 0) is 30.2 Å². The van der Waals surface area contributed by atoms with Crippen molar-refractivity contribution in [1.82, 2.24) is 15.4 Å². The van der Waals surface area contributed by atoms with Gasteiger partial charge in [0.15, 0.2) is 0 Å². The maximum Gasteiger partial charge on any atom is 0.251 e. The average molecular weight is 373 g/mol. The molecule has 3 N–H and O–H groups in total. The Balaban J connectivity index is 1.72. The summed E-state index contributed by atoms with van der Waals surface area (Å²) >= 11 is 0. The standard InChI is InChI=1S/C19H23N3O3S/c1-14-7-8-17(19(23)21-12-16-10-20-11-16)9-18(14)26(24,25)22-13-15-5-3-2-4-6-15/h2-9,16,20,22H,10-13H2,1H3,(H,21,23). The Labute approximate surface area is 154 Å². The van der Waals surface area contributed by atoms with Crippen molar-refractivity contribution < 1.29 is 13.2 Å². The number of hydrogen-bond donors (Lipinski definition) is 3. The zero-order valence-corrected chi connectivity index (χ0v) is 15.5. The quantitative estimate of drug-likeness (QED) is 0.685. The SMILES string of the molecule is Cc1ccc(C(=O)NCC2CNC2)cc1S(=O)(=O)NCc1ccccc1. The van der Waals surface area contributed by atoms with Crippen LogP contribution in [0.3, 0.4) is 0 Å². The van der Waals surface area contributed by atoms with Crippen LogP contribution in [0.2, 0.25) is 0 Å². The Morgan fingerprint density at radius 2 is 1.88 bits per heavy atom. The molecule has 0 unspecified atom stereocenters. The summed E-state index contributed by atoms with van der Waals surface area (Å²) in [4.78, 5) is 12.4. The fourth-order valence-electron chi connectivity index (χ4n) is 2.71. The largest absolute Gasteiger partial charge is 0.352 e. The van der Waals surface area contributed by atoms with Gasteiger partial charge < -0.3 is 10.6 Å². The minimum Gasteiger partial charge on any atom is -0.352 e. The number of sulfonamides is 1. The molecule has 7 heteroatoms. The number of benzene rings is 2. The highest BCUT2D eigenvalue weighted by Crippen LogP contribution is 2.18. The highest BCUT2D eigenvalue weighted by Gasteiger charge is 2.21. The Bertz CT molecular complexity index is 878. The van der Waals surface area contributed by atoms with Crippen LogP contribution < -0.4 is 15.4 Å². The minimum absolute atomic E-state index is 0.131. The second kappa shape index (κ2) is 7.99. The average Bonchev–Trinajstić information content (AvgIpc) is 2.60. The van der Waals surface area contributed by atoms with Crippen LogP contribution in [0.25, 0.3) is 0 Å². The lowest BCUT2D eigenvalue weighted by Crippen LogP contribution is -2.48. The van der Waals surface area contributed by atoms with Gasteiger partial charge in [-0.2, -0.15) is 0 Å². The van der Waals surface area contributed by atoms with Crippen molar-refractivity contribution in [2.24, 2.45) is 5.92 Å². The second-order valence-corrected chi connectivity index (χ2v) is 8.26. The van der Waals surface area contributed by atoms with Gasteiger partial charge in [0.2, 0.25) is 10.0 Å². The van der Waals surface area contributed by atoms with Crippen molar-refractivity contribution in [1.29, 1.82) is 0 Å². The summed E-state index contributed by atoms with van der Waals surface area (Å²) in [6.07, 6.45) is 0. The Hall–Kier alpha value is -2.22. The summed E-state index contributed by atoms with van der Waals surface area (Å²) in [5.74, 6) is 0.191. The van der Waals surface area contributed by atoms with Crippen molar-refractivity contribution in [3.8, 4) is 0 Å². The highest BCUT2D eigenvalue weighted by atomic mass is 32.2. The van der Waals surface area contributed by atoms with E-state index in [-0.39, 0.29) is 17.3 Å². The maximum absolute atomic E-state index is 12.7. The van der Waals surface area contributed by atoms with Crippen molar-refractivity contribution in [2.45, 2.75) is 18.4 Å². The zero-order chi connectivity index (χ0) is 18.6. The van der Waals surface area contributed by atoms with Crippen molar-refractivity contribution in [3.63, 3.8) is 0 Å². The number of carbonyl (C=O) groups excluding carboxylic acids is 1. The summed E-state index contributed by atoms with van der Waals surface area (Å²) < 4.78 is 27.9. The van der Waals surface area contributed by atoms with Gasteiger partial charge in [-0.1, -0.05) is 36.4 Å². The van der Waals surface area contributed by atoms with Gasteiger partial charge in [0.05, 0.1) is 4.90 Å². The van der Waals surface area contributed by atoms with E-state index in [9.17, 15) is 13.2 Å². The summed E-state index contributed by atoms with van der Waals surface area (Å²) in [6, 6.07) is 14.1. The number of rotatable bonds is 7. The van der Waals surface area contributed by atoms with Crippen molar-refractivity contribution in [3.05, 3.63) is 65.2 Å². The monoisotopic (exact) mass is 373 g/mol. The molecule has 2 aromatic rings. The van der Waals surface area contributed by atoms with E-state index in [1.54, 1.807) is 19.1 Å². The van der Waals surface area contributed by atoms with Crippen LogP contribution in [-0.4, -0.2) is 34.0 Å². The molecule has 138 valence electrons. The fourth-order valence-corrected chi connectivity index (χ4v) is 4.00. The van der Waals surface area contributed by atoms with Crippen LogP contribution in [0.4, 0.5) is 0 Å². The van der Waals surface area contributed by atoms with Crippen molar-refractivity contribution >= 4 is 15.9 Å². The number of aryl methyl sites for hydroxylation is 1. The van der Waals surface area contributed by atoms with Crippen LogP contribution in [0.1, 0.15) is 21.5 Å². The predicted molar refractivity (Wildman–Crippen MR) is 100 cm³/mol. The molecule has 1 fully saturated rings. The molecule has 0 atom stereocenters. The molecular weight excluding hydrogens is 350 g/mol. The maximum atomic E-state index is 12.7. The summed E-state index contributed by atoms with van der Waals surface area (Å²) in [5.41, 5.74) is 1.82. The molecule has 6 nitrogen and oxygen atoms in total. The van der Waals surface area contributed by atoms with E-state index in [0.717, 1.165) is 18.7 Å². The first-order valence-corrected chi connectivity index (χ1v) is 10.1. The molecule has 1 amide bonds. The lowest BCUT2D eigenvalue weighted by Gasteiger charge is -2.27. The van der Waals surface area contributed by atoms with Gasteiger partial charge in [0.1, 0.15) is 0 Å². The Morgan fingerprint density at radius 3 is 2.54 bits per heavy atom. The molecule has 0 aromatic heterocycles. The summed E-state index contributed by atoms with van der Waals surface area (Å²) in [5, 5.41) is 6.01. The number of hydrogen-bond acceptors (Lipinski definition) is 4. The van der Waals surface area contributed by atoms with Crippen LogP contribution in [-0.2, 0) is 16.6 Å². The predicted octanol–water partition coefficient (Wildman–Crippen LogP) is 1.42. The van der Waals surface area contributed by atoms with E-state index in [2.05, 4.69) is 15.4 Å². The third kappa shape index (κ3) is 4.49. The van der Waals surface area contributed by atoms with Gasteiger partial charge in [-0.3, -0.25) is 4.79 Å². The lowest BCUT2D eigenvalue weighted by atomic mass is 10.0. The molecule has 1 heterocycles. The number of amides is 1. The van der Waals surface area contributed by atoms with E-state index in [4.69, 9.17) is 0 Å². The summed E-state index contributed by atoms with van der Waals surface area (Å²) in [6.45, 7) is 4.31. The van der Waals surface area contributed by atoms with Gasteiger partial charge >= 0.3 is 0 Å². The molecule has 0 bridgehead atoms. The normalized spacial score (nSPS) is 14.7. The fraction of sp³-hybridized carbons (Fsp3) is 0.316. The van der Waals surface area contributed by atoms with Crippen molar-refractivity contribution in [2.75, 3.05) is 19.6 Å². The third-order valence-corrected chi connectivity index (χ3v) is 6.01. The first kappa shape index (κ1) is 18.6. The topological polar surface area (TPSA) is 87.3 Å². The summed E-state index contributed by atoms with van der Waals surface area (Å²) in [7, 11) is -3.71. The molecule has 2 aromatic carbocycles. The third-order valence-electron chi connectivity index (χ3n) is 4.47. The lowest BCUT2D eigenvalue weighted by molar-refractivity contribution is 0.0942. The smallest absolute Gasteiger partial charge is 0.251 e. The van der Waals surface area contributed by atoms with E-state index in [1.807, 2.05) is 30.3 Å². The Morgan fingerprint density at radius 1 is 1.15 bits per heavy atom. The Kier molecular flexibility index (Phi) is 5.70.